The summed E-state index contributed by atoms with van der Waals surface area (Å²) in [6.07, 6.45) is 10.3. The number of nitrogens with zero attached hydrogens (tertiary/aromatic N) is 1. The maximum Gasteiger partial charge on any atom is 0.220 e. The average Bonchev–Trinajstić information content (AvgIpc) is 2.96. The quantitative estimate of drug-likeness (QED) is 0.758. The summed E-state index contributed by atoms with van der Waals surface area (Å²) in [5, 5.41) is 4.15. The maximum atomic E-state index is 12.1. The fourth-order valence-electron chi connectivity index (χ4n) is 3.09. The van der Waals surface area contributed by atoms with Gasteiger partial charge >= 0.3 is 0 Å². The number of halogens is 2. The van der Waals surface area contributed by atoms with E-state index in [-0.39, 0.29) is 36.1 Å². The van der Waals surface area contributed by atoms with Crippen molar-refractivity contribution in [3.05, 3.63) is 16.1 Å². The smallest absolute Gasteiger partial charge is 0.220 e. The summed E-state index contributed by atoms with van der Waals surface area (Å²) in [4.78, 5) is 17.8. The van der Waals surface area contributed by atoms with Crippen LogP contribution < -0.4 is 11.1 Å². The van der Waals surface area contributed by atoms with Crippen LogP contribution in [0, 0.1) is 5.41 Å². The topological polar surface area (TPSA) is 68.0 Å². The van der Waals surface area contributed by atoms with E-state index in [4.69, 9.17) is 5.73 Å². The van der Waals surface area contributed by atoms with Crippen LogP contribution in [0.2, 0.25) is 0 Å². The summed E-state index contributed by atoms with van der Waals surface area (Å²) in [5.74, 6) is 0.148. The van der Waals surface area contributed by atoms with Crippen LogP contribution in [0.4, 0.5) is 0 Å². The fourth-order valence-corrected chi connectivity index (χ4v) is 3.96. The van der Waals surface area contributed by atoms with Crippen LogP contribution in [-0.4, -0.2) is 24.0 Å². The van der Waals surface area contributed by atoms with Crippen LogP contribution in [0.3, 0.4) is 0 Å². The van der Waals surface area contributed by atoms with Gasteiger partial charge in [-0.1, -0.05) is 26.2 Å². The van der Waals surface area contributed by atoms with E-state index in [1.165, 1.54) is 24.1 Å². The Morgan fingerprint density at radius 2 is 2.04 bits per heavy atom. The van der Waals surface area contributed by atoms with Gasteiger partial charge in [0, 0.05) is 30.5 Å². The SMILES string of the molecule is CCc1cnc(CCNC(=O)CC2(CN)CCCCC2)s1.Cl.Cl. The third-order valence-electron chi connectivity index (χ3n) is 4.49. The van der Waals surface area contributed by atoms with Gasteiger partial charge < -0.3 is 11.1 Å². The van der Waals surface area contributed by atoms with Gasteiger partial charge in [-0.3, -0.25) is 4.79 Å². The second-order valence-electron chi connectivity index (χ2n) is 6.12. The van der Waals surface area contributed by atoms with Gasteiger partial charge in [-0.15, -0.1) is 36.2 Å². The summed E-state index contributed by atoms with van der Waals surface area (Å²) in [6, 6.07) is 0. The zero-order chi connectivity index (χ0) is 15.1. The fraction of sp³-hybridized carbons (Fsp3) is 0.750. The highest BCUT2D eigenvalue weighted by Crippen LogP contribution is 2.38. The van der Waals surface area contributed by atoms with E-state index >= 15 is 0 Å². The van der Waals surface area contributed by atoms with Crippen LogP contribution in [0.15, 0.2) is 6.20 Å². The van der Waals surface area contributed by atoms with Crippen LogP contribution >= 0.6 is 36.2 Å². The molecule has 0 aromatic carbocycles. The highest BCUT2D eigenvalue weighted by Gasteiger charge is 2.32. The first-order chi connectivity index (χ1) is 10.2. The molecule has 1 amide bonds. The normalized spacial score (nSPS) is 16.1. The zero-order valence-electron chi connectivity index (χ0n) is 13.8. The number of aryl methyl sites for hydroxylation is 1. The van der Waals surface area contributed by atoms with Gasteiger partial charge in [0.2, 0.25) is 5.91 Å². The molecule has 0 aliphatic heterocycles. The van der Waals surface area contributed by atoms with Gasteiger partial charge in [0.1, 0.15) is 0 Å². The molecule has 1 aromatic heterocycles. The number of nitrogens with two attached hydrogens (primary N) is 1. The lowest BCUT2D eigenvalue weighted by Crippen LogP contribution is -2.39. The summed E-state index contributed by atoms with van der Waals surface area (Å²) in [5.41, 5.74) is 5.99. The lowest BCUT2D eigenvalue weighted by atomic mass is 9.71. The van der Waals surface area contributed by atoms with Gasteiger partial charge in [-0.25, -0.2) is 4.98 Å². The van der Waals surface area contributed by atoms with Crippen LogP contribution in [0.1, 0.15) is 55.3 Å². The first-order valence-electron chi connectivity index (χ1n) is 8.08. The molecule has 4 nitrogen and oxygen atoms in total. The zero-order valence-corrected chi connectivity index (χ0v) is 16.3. The Hall–Kier alpha value is -0.360. The largest absolute Gasteiger partial charge is 0.356 e. The molecule has 0 saturated heterocycles. The monoisotopic (exact) mass is 381 g/mol. The third kappa shape index (κ3) is 6.96. The number of amides is 1. The Morgan fingerprint density at radius 3 is 2.61 bits per heavy atom. The molecule has 1 saturated carbocycles. The summed E-state index contributed by atoms with van der Waals surface area (Å²) < 4.78 is 0. The molecule has 1 heterocycles. The van der Waals surface area contributed by atoms with Crippen molar-refractivity contribution >= 4 is 42.1 Å². The Bertz CT molecular complexity index is 462. The minimum atomic E-state index is 0. The molecule has 0 spiro atoms. The van der Waals surface area contributed by atoms with Crippen molar-refractivity contribution in [2.45, 2.75) is 58.3 Å². The minimum Gasteiger partial charge on any atom is -0.356 e. The highest BCUT2D eigenvalue weighted by molar-refractivity contribution is 7.11. The predicted octanol–water partition coefficient (Wildman–Crippen LogP) is 3.51. The van der Waals surface area contributed by atoms with Crippen molar-refractivity contribution in [1.29, 1.82) is 0 Å². The standard InChI is InChI=1S/C16H27N3OS.2ClH/c1-2-13-11-19-15(21-13)6-9-18-14(20)10-16(12-17)7-4-3-5-8-16;;/h11H,2-10,12,17H2,1H3,(H,18,20);2*1H. The van der Waals surface area contributed by atoms with Gasteiger partial charge in [-0.05, 0) is 31.2 Å². The lowest BCUT2D eigenvalue weighted by Gasteiger charge is -2.35. The molecule has 1 aromatic rings. The molecule has 3 N–H and O–H groups in total. The Morgan fingerprint density at radius 1 is 1.35 bits per heavy atom. The Balaban J connectivity index is 0.00000242. The molecule has 0 atom stereocenters. The van der Waals surface area contributed by atoms with Crippen LogP contribution in [0.25, 0.3) is 0 Å². The van der Waals surface area contributed by atoms with Gasteiger partial charge in [-0.2, -0.15) is 0 Å². The van der Waals surface area contributed by atoms with E-state index in [1.807, 2.05) is 6.20 Å². The number of carbonyl (C=O) groups excluding carboxylic acids is 1. The maximum absolute atomic E-state index is 12.1. The molecule has 0 radical (unpaired) electrons. The summed E-state index contributed by atoms with van der Waals surface area (Å²) in [6.45, 7) is 3.44. The molecular formula is C16H29Cl2N3OS. The highest BCUT2D eigenvalue weighted by atomic mass is 35.5. The number of carbonyl (C=O) groups is 1. The van der Waals surface area contributed by atoms with E-state index in [2.05, 4.69) is 17.2 Å². The summed E-state index contributed by atoms with van der Waals surface area (Å²) >= 11 is 1.74. The van der Waals surface area contributed by atoms with Crippen molar-refractivity contribution < 1.29 is 4.79 Å². The number of thiazole rings is 1. The second-order valence-corrected chi connectivity index (χ2v) is 7.32. The van der Waals surface area contributed by atoms with Crippen LogP contribution in [-0.2, 0) is 17.6 Å². The molecule has 7 heteroatoms. The van der Waals surface area contributed by atoms with Crippen LogP contribution in [0.5, 0.6) is 0 Å². The molecule has 1 aliphatic carbocycles. The molecule has 0 bridgehead atoms. The first-order valence-corrected chi connectivity index (χ1v) is 8.89. The molecule has 134 valence electrons. The van der Waals surface area contributed by atoms with E-state index in [0.29, 0.717) is 19.5 Å². The van der Waals surface area contributed by atoms with E-state index < -0.39 is 0 Å². The third-order valence-corrected chi connectivity index (χ3v) is 5.70. The molecule has 2 rings (SSSR count). The van der Waals surface area contributed by atoms with E-state index in [9.17, 15) is 4.79 Å². The molecule has 23 heavy (non-hydrogen) atoms. The summed E-state index contributed by atoms with van der Waals surface area (Å²) in [7, 11) is 0. The second kappa shape index (κ2) is 11.2. The van der Waals surface area contributed by atoms with E-state index in [1.54, 1.807) is 11.3 Å². The minimum absolute atomic E-state index is 0. The first kappa shape index (κ1) is 22.6. The number of aromatic nitrogens is 1. The molecule has 1 aliphatic rings. The number of rotatable bonds is 7. The Kier molecular flexibility index (Phi) is 11.1. The van der Waals surface area contributed by atoms with E-state index in [0.717, 1.165) is 30.7 Å². The number of hydrogen-bond acceptors (Lipinski definition) is 4. The van der Waals surface area contributed by atoms with Crippen molar-refractivity contribution in [2.75, 3.05) is 13.1 Å². The van der Waals surface area contributed by atoms with Gasteiger partial charge in [0.25, 0.3) is 0 Å². The van der Waals surface area contributed by atoms with Gasteiger partial charge in [0.05, 0.1) is 5.01 Å². The molecular weight excluding hydrogens is 353 g/mol. The Labute approximate surface area is 155 Å². The molecule has 0 unspecified atom stereocenters. The van der Waals surface area contributed by atoms with Crippen molar-refractivity contribution in [1.82, 2.24) is 10.3 Å². The van der Waals surface area contributed by atoms with Crippen molar-refractivity contribution in [3.8, 4) is 0 Å². The average molecular weight is 382 g/mol. The van der Waals surface area contributed by atoms with Gasteiger partial charge in [0.15, 0.2) is 0 Å². The molecule has 1 fully saturated rings. The van der Waals surface area contributed by atoms with Crippen molar-refractivity contribution in [2.24, 2.45) is 11.1 Å². The number of hydrogen-bond donors (Lipinski definition) is 2. The predicted molar refractivity (Wildman–Crippen MR) is 102 cm³/mol. The lowest BCUT2D eigenvalue weighted by molar-refractivity contribution is -0.123. The number of nitrogens with one attached hydrogen (secondary N) is 1. The van der Waals surface area contributed by atoms with Crippen molar-refractivity contribution in [3.63, 3.8) is 0 Å².